The normalized spacial score (nSPS) is 10.7. The second-order valence-corrected chi connectivity index (χ2v) is 5.85. The van der Waals surface area contributed by atoms with Gasteiger partial charge in [0.1, 0.15) is 0 Å². The van der Waals surface area contributed by atoms with Crippen LogP contribution in [0.3, 0.4) is 0 Å². The third-order valence-electron chi connectivity index (χ3n) is 3.55. The van der Waals surface area contributed by atoms with Gasteiger partial charge in [0.15, 0.2) is 0 Å². The number of nitrogens with zero attached hydrogens (tertiary/aromatic N) is 1. The number of aromatic nitrogens is 1. The first-order valence-corrected chi connectivity index (χ1v) is 7.62. The molecule has 0 saturated heterocycles. The SMILES string of the molecule is Cc1ccccc1Cn1c(-c2cccc(N)c2)csc1=O. The molecule has 0 radical (unpaired) electrons. The molecule has 0 atom stereocenters. The van der Waals surface area contributed by atoms with Crippen molar-refractivity contribution in [2.24, 2.45) is 0 Å². The van der Waals surface area contributed by atoms with Crippen LogP contribution < -0.4 is 10.6 Å². The van der Waals surface area contributed by atoms with Crippen LogP contribution >= 0.6 is 11.3 Å². The van der Waals surface area contributed by atoms with E-state index in [1.165, 1.54) is 16.9 Å². The van der Waals surface area contributed by atoms with Gasteiger partial charge in [-0.3, -0.25) is 9.36 Å². The molecule has 1 heterocycles. The van der Waals surface area contributed by atoms with Gasteiger partial charge in [0.2, 0.25) is 0 Å². The average molecular weight is 296 g/mol. The Morgan fingerprint density at radius 1 is 1.14 bits per heavy atom. The van der Waals surface area contributed by atoms with Crippen LogP contribution in [0.1, 0.15) is 11.1 Å². The summed E-state index contributed by atoms with van der Waals surface area (Å²) in [5.41, 5.74) is 10.8. The zero-order valence-electron chi connectivity index (χ0n) is 11.7. The van der Waals surface area contributed by atoms with E-state index >= 15 is 0 Å². The Bertz CT molecular complexity index is 833. The number of nitrogens with two attached hydrogens (primary N) is 1. The molecule has 0 aliphatic rings. The molecule has 4 heteroatoms. The second kappa shape index (κ2) is 5.58. The quantitative estimate of drug-likeness (QED) is 0.752. The van der Waals surface area contributed by atoms with E-state index in [0.717, 1.165) is 16.8 Å². The maximum atomic E-state index is 12.2. The summed E-state index contributed by atoms with van der Waals surface area (Å²) in [7, 11) is 0. The molecule has 0 unspecified atom stereocenters. The van der Waals surface area contributed by atoms with Crippen molar-refractivity contribution in [1.29, 1.82) is 0 Å². The zero-order valence-corrected chi connectivity index (χ0v) is 12.6. The second-order valence-electron chi connectivity index (χ2n) is 5.02. The molecule has 1 aromatic heterocycles. The van der Waals surface area contributed by atoms with Crippen molar-refractivity contribution in [2.45, 2.75) is 13.5 Å². The molecule has 3 aromatic rings. The third-order valence-corrected chi connectivity index (χ3v) is 4.32. The van der Waals surface area contributed by atoms with E-state index in [0.29, 0.717) is 12.2 Å². The van der Waals surface area contributed by atoms with Crippen molar-refractivity contribution < 1.29 is 0 Å². The summed E-state index contributed by atoms with van der Waals surface area (Å²) in [6.45, 7) is 2.64. The van der Waals surface area contributed by atoms with Crippen LogP contribution in [0.2, 0.25) is 0 Å². The summed E-state index contributed by atoms with van der Waals surface area (Å²) in [5, 5.41) is 1.90. The van der Waals surface area contributed by atoms with Gasteiger partial charge in [-0.1, -0.05) is 47.7 Å². The third kappa shape index (κ3) is 2.76. The highest BCUT2D eigenvalue weighted by molar-refractivity contribution is 7.07. The lowest BCUT2D eigenvalue weighted by atomic mass is 10.1. The van der Waals surface area contributed by atoms with Crippen molar-refractivity contribution in [1.82, 2.24) is 4.57 Å². The van der Waals surface area contributed by atoms with Crippen molar-refractivity contribution in [2.75, 3.05) is 5.73 Å². The summed E-state index contributed by atoms with van der Waals surface area (Å²) in [4.78, 5) is 12.2. The molecule has 3 rings (SSSR count). The van der Waals surface area contributed by atoms with Gasteiger partial charge in [-0.05, 0) is 30.2 Å². The van der Waals surface area contributed by atoms with Crippen LogP contribution in [0, 0.1) is 6.92 Å². The molecular formula is C17H16N2OS. The molecule has 3 nitrogen and oxygen atoms in total. The molecule has 0 fully saturated rings. The maximum Gasteiger partial charge on any atom is 0.307 e. The fourth-order valence-corrected chi connectivity index (χ4v) is 3.13. The van der Waals surface area contributed by atoms with Crippen molar-refractivity contribution in [3.63, 3.8) is 0 Å². The maximum absolute atomic E-state index is 12.2. The minimum atomic E-state index is 0.0516. The van der Waals surface area contributed by atoms with Crippen LogP contribution in [-0.2, 0) is 6.54 Å². The number of benzene rings is 2. The van der Waals surface area contributed by atoms with Gasteiger partial charge in [0.05, 0.1) is 12.2 Å². The first-order chi connectivity index (χ1) is 10.1. The number of anilines is 1. The van der Waals surface area contributed by atoms with E-state index in [-0.39, 0.29) is 4.87 Å². The lowest BCUT2D eigenvalue weighted by molar-refractivity contribution is 0.787. The molecule has 0 aliphatic carbocycles. The first kappa shape index (κ1) is 13.6. The monoisotopic (exact) mass is 296 g/mol. The first-order valence-electron chi connectivity index (χ1n) is 6.74. The predicted molar refractivity (Wildman–Crippen MR) is 88.7 cm³/mol. The average Bonchev–Trinajstić information content (AvgIpc) is 2.83. The van der Waals surface area contributed by atoms with Crippen LogP contribution in [0.4, 0.5) is 5.69 Å². The Labute approximate surface area is 127 Å². The fraction of sp³-hybridized carbons (Fsp3) is 0.118. The summed E-state index contributed by atoms with van der Waals surface area (Å²) in [6, 6.07) is 15.8. The van der Waals surface area contributed by atoms with Crippen LogP contribution in [0.15, 0.2) is 58.7 Å². The number of nitrogen functional groups attached to an aromatic ring is 1. The van der Waals surface area contributed by atoms with Gasteiger partial charge in [-0.2, -0.15) is 0 Å². The van der Waals surface area contributed by atoms with E-state index in [2.05, 4.69) is 19.1 Å². The molecule has 0 amide bonds. The fourth-order valence-electron chi connectivity index (χ4n) is 2.36. The van der Waals surface area contributed by atoms with E-state index in [1.807, 2.05) is 46.3 Å². The highest BCUT2D eigenvalue weighted by atomic mass is 32.1. The predicted octanol–water partition coefficient (Wildman–Crippen LogP) is 3.52. The number of hydrogen-bond acceptors (Lipinski definition) is 3. The topological polar surface area (TPSA) is 48.0 Å². The zero-order chi connectivity index (χ0) is 14.8. The molecule has 2 N–H and O–H groups in total. The smallest absolute Gasteiger partial charge is 0.307 e. The summed E-state index contributed by atoms with van der Waals surface area (Å²) in [5.74, 6) is 0. The minimum absolute atomic E-state index is 0.0516. The van der Waals surface area contributed by atoms with Crippen molar-refractivity contribution in [3.8, 4) is 11.3 Å². The van der Waals surface area contributed by atoms with Crippen molar-refractivity contribution >= 4 is 17.0 Å². The van der Waals surface area contributed by atoms with Crippen LogP contribution in [0.5, 0.6) is 0 Å². The Balaban J connectivity index is 2.06. The standard InChI is InChI=1S/C17H16N2OS/c1-12-5-2-3-6-14(12)10-19-16(11-21-17(19)20)13-7-4-8-15(18)9-13/h2-9,11H,10,18H2,1H3. The van der Waals surface area contributed by atoms with Gasteiger partial charge < -0.3 is 5.73 Å². The Morgan fingerprint density at radius 3 is 2.71 bits per heavy atom. The number of hydrogen-bond donors (Lipinski definition) is 1. The Hall–Kier alpha value is -2.33. The van der Waals surface area contributed by atoms with Gasteiger partial charge in [-0.25, -0.2) is 0 Å². The van der Waals surface area contributed by atoms with Gasteiger partial charge in [0.25, 0.3) is 0 Å². The minimum Gasteiger partial charge on any atom is -0.399 e. The number of thiazole rings is 1. The van der Waals surface area contributed by atoms with Gasteiger partial charge >= 0.3 is 4.87 Å². The Kier molecular flexibility index (Phi) is 3.62. The lowest BCUT2D eigenvalue weighted by Crippen LogP contribution is -2.15. The van der Waals surface area contributed by atoms with E-state index in [1.54, 1.807) is 0 Å². The summed E-state index contributed by atoms with van der Waals surface area (Å²) >= 11 is 1.22. The molecule has 2 aromatic carbocycles. The molecule has 0 saturated carbocycles. The van der Waals surface area contributed by atoms with Crippen molar-refractivity contribution in [3.05, 3.63) is 74.7 Å². The molecule has 21 heavy (non-hydrogen) atoms. The van der Waals surface area contributed by atoms with Crippen LogP contribution in [-0.4, -0.2) is 4.57 Å². The number of rotatable bonds is 3. The summed E-state index contributed by atoms with van der Waals surface area (Å²) < 4.78 is 1.81. The van der Waals surface area contributed by atoms with Gasteiger partial charge in [0, 0.05) is 16.6 Å². The molecule has 106 valence electrons. The van der Waals surface area contributed by atoms with E-state index in [4.69, 9.17) is 5.73 Å². The molecular weight excluding hydrogens is 280 g/mol. The number of aryl methyl sites for hydroxylation is 1. The summed E-state index contributed by atoms with van der Waals surface area (Å²) in [6.07, 6.45) is 0. The highest BCUT2D eigenvalue weighted by Gasteiger charge is 2.10. The largest absolute Gasteiger partial charge is 0.399 e. The van der Waals surface area contributed by atoms with E-state index < -0.39 is 0 Å². The highest BCUT2D eigenvalue weighted by Crippen LogP contribution is 2.23. The van der Waals surface area contributed by atoms with E-state index in [9.17, 15) is 4.79 Å². The molecule has 0 bridgehead atoms. The molecule has 0 aliphatic heterocycles. The van der Waals surface area contributed by atoms with Crippen LogP contribution in [0.25, 0.3) is 11.3 Å². The molecule has 0 spiro atoms. The Morgan fingerprint density at radius 2 is 1.95 bits per heavy atom. The lowest BCUT2D eigenvalue weighted by Gasteiger charge is -2.10. The van der Waals surface area contributed by atoms with Gasteiger partial charge in [-0.15, -0.1) is 0 Å².